The molecule has 1 aromatic carbocycles. The van der Waals surface area contributed by atoms with Crippen LogP contribution in [0.2, 0.25) is 0 Å². The minimum absolute atomic E-state index is 0.173. The Kier molecular flexibility index (Phi) is 5.45. The Bertz CT molecular complexity index is 683. The van der Waals surface area contributed by atoms with Crippen LogP contribution >= 0.6 is 15.9 Å². The van der Waals surface area contributed by atoms with Crippen molar-refractivity contribution in [3.8, 4) is 0 Å². The van der Waals surface area contributed by atoms with Crippen molar-refractivity contribution in [2.24, 2.45) is 5.92 Å². The first-order valence-corrected chi connectivity index (χ1v) is 10.8. The maximum Gasteiger partial charge on any atom is 0.240 e. The number of halogens is 1. The number of hydrogen-bond acceptors (Lipinski definition) is 4. The van der Waals surface area contributed by atoms with Gasteiger partial charge in [0.25, 0.3) is 0 Å². The summed E-state index contributed by atoms with van der Waals surface area (Å²) in [5.41, 5.74) is 0. The Hall–Kier alpha value is -0.440. The summed E-state index contributed by atoms with van der Waals surface area (Å²) in [7, 11) is -6.34. The Morgan fingerprint density at radius 1 is 1.24 bits per heavy atom. The molecule has 2 rings (SSSR count). The second-order valence-electron chi connectivity index (χ2n) is 5.26. The van der Waals surface area contributed by atoms with Gasteiger partial charge in [-0.2, -0.15) is 0 Å². The van der Waals surface area contributed by atoms with Crippen LogP contribution in [0.15, 0.2) is 33.6 Å². The molecule has 118 valence electrons. The minimum Gasteiger partial charge on any atom is -0.229 e. The number of benzene rings is 1. The van der Waals surface area contributed by atoms with Gasteiger partial charge in [0.15, 0.2) is 9.84 Å². The van der Waals surface area contributed by atoms with Gasteiger partial charge in [-0.1, -0.05) is 15.9 Å². The molecule has 1 aromatic rings. The zero-order chi connectivity index (χ0) is 15.5. The van der Waals surface area contributed by atoms with Gasteiger partial charge in [0.2, 0.25) is 10.0 Å². The number of hydrogen-bond donors (Lipinski definition) is 1. The van der Waals surface area contributed by atoms with Crippen LogP contribution in [-0.4, -0.2) is 34.9 Å². The van der Waals surface area contributed by atoms with Crippen LogP contribution in [0.4, 0.5) is 0 Å². The summed E-state index contributed by atoms with van der Waals surface area (Å²) in [4.78, 5) is 0.231. The summed E-state index contributed by atoms with van der Waals surface area (Å²) >= 11 is 3.26. The van der Waals surface area contributed by atoms with Crippen molar-refractivity contribution in [3.05, 3.63) is 28.7 Å². The highest BCUT2D eigenvalue weighted by Gasteiger charge is 2.27. The Morgan fingerprint density at radius 2 is 1.90 bits per heavy atom. The van der Waals surface area contributed by atoms with Crippen molar-refractivity contribution in [2.75, 3.05) is 18.1 Å². The molecule has 1 unspecified atom stereocenters. The van der Waals surface area contributed by atoms with E-state index in [4.69, 9.17) is 0 Å². The lowest BCUT2D eigenvalue weighted by Gasteiger charge is -2.09. The smallest absolute Gasteiger partial charge is 0.229 e. The van der Waals surface area contributed by atoms with E-state index < -0.39 is 19.9 Å². The monoisotopic (exact) mass is 395 g/mol. The van der Waals surface area contributed by atoms with Crippen LogP contribution in [0.5, 0.6) is 0 Å². The molecular formula is C13H18BrNO4S2. The number of nitrogens with one attached hydrogen (secondary N) is 1. The van der Waals surface area contributed by atoms with Crippen LogP contribution < -0.4 is 4.72 Å². The molecule has 1 aliphatic rings. The van der Waals surface area contributed by atoms with E-state index in [1.807, 2.05) is 0 Å². The highest BCUT2D eigenvalue weighted by Crippen LogP contribution is 2.22. The zero-order valence-electron chi connectivity index (χ0n) is 11.5. The normalized spacial score (nSPS) is 21.5. The summed E-state index contributed by atoms with van der Waals surface area (Å²) in [6.07, 6.45) is 2.08. The van der Waals surface area contributed by atoms with Gasteiger partial charge in [-0.15, -0.1) is 0 Å². The lowest BCUT2D eigenvalue weighted by atomic mass is 10.0. The maximum atomic E-state index is 12.0. The minimum atomic E-state index is -3.48. The molecule has 0 radical (unpaired) electrons. The van der Waals surface area contributed by atoms with E-state index in [0.717, 1.165) is 10.9 Å². The molecule has 8 heteroatoms. The van der Waals surface area contributed by atoms with Gasteiger partial charge in [-0.3, -0.25) is 0 Å². The molecular weight excluding hydrogens is 378 g/mol. The maximum absolute atomic E-state index is 12.0. The predicted molar refractivity (Wildman–Crippen MR) is 85.3 cm³/mol. The molecule has 5 nitrogen and oxygen atoms in total. The van der Waals surface area contributed by atoms with E-state index in [1.165, 1.54) is 12.1 Å². The van der Waals surface area contributed by atoms with Crippen LogP contribution in [0.25, 0.3) is 0 Å². The van der Waals surface area contributed by atoms with Crippen molar-refractivity contribution in [1.29, 1.82) is 0 Å². The summed E-state index contributed by atoms with van der Waals surface area (Å²) in [6.45, 7) is 0.328. The molecule has 0 aromatic heterocycles. The average molecular weight is 396 g/mol. The summed E-state index contributed by atoms with van der Waals surface area (Å²) < 4.78 is 50.1. The third-order valence-corrected chi connectivity index (χ3v) is 7.37. The van der Waals surface area contributed by atoms with Gasteiger partial charge in [-0.05, 0) is 49.4 Å². The molecule has 0 bridgehead atoms. The SMILES string of the molecule is O=S1(=O)CCC(CCCNS(=O)(=O)c2ccc(Br)cc2)C1. The second kappa shape index (κ2) is 6.76. The van der Waals surface area contributed by atoms with E-state index in [0.29, 0.717) is 19.4 Å². The molecule has 0 aliphatic carbocycles. The zero-order valence-corrected chi connectivity index (χ0v) is 14.7. The molecule has 1 heterocycles. The molecule has 1 aliphatic heterocycles. The van der Waals surface area contributed by atoms with Crippen molar-refractivity contribution in [1.82, 2.24) is 4.72 Å². The fourth-order valence-electron chi connectivity index (χ4n) is 2.39. The third-order valence-electron chi connectivity index (χ3n) is 3.53. The van der Waals surface area contributed by atoms with Crippen molar-refractivity contribution in [3.63, 3.8) is 0 Å². The van der Waals surface area contributed by atoms with Crippen molar-refractivity contribution < 1.29 is 16.8 Å². The molecule has 1 atom stereocenters. The summed E-state index contributed by atoms with van der Waals surface area (Å²) in [5.74, 6) is 0.682. The van der Waals surface area contributed by atoms with Crippen LogP contribution in [0.1, 0.15) is 19.3 Å². The van der Waals surface area contributed by atoms with Gasteiger partial charge in [0.1, 0.15) is 0 Å². The topological polar surface area (TPSA) is 80.3 Å². The van der Waals surface area contributed by atoms with Gasteiger partial charge in [0, 0.05) is 11.0 Å². The van der Waals surface area contributed by atoms with Gasteiger partial charge in [-0.25, -0.2) is 21.6 Å². The molecule has 1 fully saturated rings. The summed E-state index contributed by atoms with van der Waals surface area (Å²) in [6, 6.07) is 6.43. The summed E-state index contributed by atoms with van der Waals surface area (Å²) in [5, 5.41) is 0. The molecule has 0 spiro atoms. The number of rotatable bonds is 6. The average Bonchev–Trinajstić information content (AvgIpc) is 2.75. The van der Waals surface area contributed by atoms with Crippen molar-refractivity contribution >= 4 is 35.8 Å². The fraction of sp³-hybridized carbons (Fsp3) is 0.538. The van der Waals surface area contributed by atoms with E-state index in [-0.39, 0.29) is 22.3 Å². The first-order valence-electron chi connectivity index (χ1n) is 6.74. The first kappa shape index (κ1) is 16.9. The molecule has 1 N–H and O–H groups in total. The lowest BCUT2D eigenvalue weighted by molar-refractivity contribution is 0.512. The van der Waals surface area contributed by atoms with E-state index >= 15 is 0 Å². The Labute approximate surface area is 134 Å². The highest BCUT2D eigenvalue weighted by atomic mass is 79.9. The van der Waals surface area contributed by atoms with Crippen LogP contribution in [0.3, 0.4) is 0 Å². The second-order valence-corrected chi connectivity index (χ2v) is 10.2. The standard InChI is InChI=1S/C13H18BrNO4S2/c14-12-3-5-13(6-4-12)21(18,19)15-8-1-2-11-7-9-20(16,17)10-11/h3-6,11,15H,1-2,7-10H2. The first-order chi connectivity index (χ1) is 9.78. The number of sulfonamides is 1. The van der Waals surface area contributed by atoms with Gasteiger partial charge >= 0.3 is 0 Å². The van der Waals surface area contributed by atoms with Crippen LogP contribution in [-0.2, 0) is 19.9 Å². The molecule has 0 saturated carbocycles. The number of sulfone groups is 1. The lowest BCUT2D eigenvalue weighted by Crippen LogP contribution is -2.25. The Morgan fingerprint density at radius 3 is 2.48 bits per heavy atom. The fourth-order valence-corrected chi connectivity index (χ4v) is 5.64. The molecule has 21 heavy (non-hydrogen) atoms. The molecule has 0 amide bonds. The Balaban J connectivity index is 1.79. The van der Waals surface area contributed by atoms with E-state index in [1.54, 1.807) is 12.1 Å². The van der Waals surface area contributed by atoms with Gasteiger partial charge < -0.3 is 0 Å². The quantitative estimate of drug-likeness (QED) is 0.746. The van der Waals surface area contributed by atoms with Crippen molar-refractivity contribution in [2.45, 2.75) is 24.2 Å². The third kappa shape index (κ3) is 5.05. The van der Waals surface area contributed by atoms with Gasteiger partial charge in [0.05, 0.1) is 16.4 Å². The van der Waals surface area contributed by atoms with E-state index in [2.05, 4.69) is 20.7 Å². The highest BCUT2D eigenvalue weighted by molar-refractivity contribution is 9.10. The largest absolute Gasteiger partial charge is 0.240 e. The predicted octanol–water partition coefficient (Wildman–Crippen LogP) is 1.94. The molecule has 1 saturated heterocycles. The van der Waals surface area contributed by atoms with E-state index in [9.17, 15) is 16.8 Å². The van der Waals surface area contributed by atoms with Crippen LogP contribution in [0, 0.1) is 5.92 Å².